The van der Waals surface area contributed by atoms with Gasteiger partial charge >= 0.3 is 6.09 Å². The standard InChI is InChI=1S/C20H32N4O5/c1-5-29-20(25)24-10-7-14(8-11-24)23-19(21)22-9-6-16-17(27-3)12-15(26-2)13-18(16)28-4/h12-14H,5-11H2,1-4H3,(H3,21,22,23). The van der Waals surface area contributed by atoms with Gasteiger partial charge in [0, 0.05) is 43.4 Å². The van der Waals surface area contributed by atoms with Crippen LogP contribution in [-0.4, -0.2) is 70.6 Å². The first-order chi connectivity index (χ1) is 14.0. The summed E-state index contributed by atoms with van der Waals surface area (Å²) in [5.41, 5.74) is 6.96. The van der Waals surface area contributed by atoms with Crippen LogP contribution in [0.1, 0.15) is 25.3 Å². The summed E-state index contributed by atoms with van der Waals surface area (Å²) >= 11 is 0. The number of nitrogens with zero attached hydrogens (tertiary/aromatic N) is 2. The van der Waals surface area contributed by atoms with E-state index in [0.29, 0.717) is 55.9 Å². The molecular weight excluding hydrogens is 376 g/mol. The highest BCUT2D eigenvalue weighted by molar-refractivity contribution is 5.78. The Labute approximate surface area is 172 Å². The van der Waals surface area contributed by atoms with E-state index < -0.39 is 0 Å². The largest absolute Gasteiger partial charge is 0.496 e. The van der Waals surface area contributed by atoms with Gasteiger partial charge in [0.05, 0.1) is 27.9 Å². The molecule has 9 heteroatoms. The number of guanidine groups is 1. The first-order valence-electron chi connectivity index (χ1n) is 9.79. The van der Waals surface area contributed by atoms with E-state index in [2.05, 4.69) is 10.3 Å². The van der Waals surface area contributed by atoms with Crippen molar-refractivity contribution in [2.45, 2.75) is 32.2 Å². The van der Waals surface area contributed by atoms with E-state index in [9.17, 15) is 4.79 Å². The first kappa shape index (κ1) is 22.4. The highest BCUT2D eigenvalue weighted by atomic mass is 16.6. The van der Waals surface area contributed by atoms with Gasteiger partial charge in [-0.3, -0.25) is 4.99 Å². The lowest BCUT2D eigenvalue weighted by Crippen LogP contribution is -2.48. The molecule has 3 N–H and O–H groups in total. The number of methoxy groups -OCH3 is 3. The molecule has 1 aliphatic rings. The van der Waals surface area contributed by atoms with Crippen molar-refractivity contribution in [1.82, 2.24) is 10.2 Å². The predicted molar refractivity (Wildman–Crippen MR) is 111 cm³/mol. The Hall–Kier alpha value is -2.84. The summed E-state index contributed by atoms with van der Waals surface area (Å²) in [5, 5.41) is 3.24. The summed E-state index contributed by atoms with van der Waals surface area (Å²) in [5.74, 6) is 2.44. The average molecular weight is 408 g/mol. The second kappa shape index (κ2) is 11.2. The third-order valence-corrected chi connectivity index (χ3v) is 4.83. The van der Waals surface area contributed by atoms with Crippen LogP contribution in [0.2, 0.25) is 0 Å². The van der Waals surface area contributed by atoms with Crippen molar-refractivity contribution in [3.05, 3.63) is 17.7 Å². The molecule has 0 aliphatic carbocycles. The van der Waals surface area contributed by atoms with Gasteiger partial charge in [-0.15, -0.1) is 0 Å². The summed E-state index contributed by atoms with van der Waals surface area (Å²) in [6.45, 7) is 3.97. The summed E-state index contributed by atoms with van der Waals surface area (Å²) in [7, 11) is 4.82. The minimum absolute atomic E-state index is 0.189. The van der Waals surface area contributed by atoms with Crippen molar-refractivity contribution in [1.29, 1.82) is 0 Å². The van der Waals surface area contributed by atoms with Gasteiger partial charge in [0.25, 0.3) is 0 Å². The molecule has 29 heavy (non-hydrogen) atoms. The lowest BCUT2D eigenvalue weighted by atomic mass is 10.1. The summed E-state index contributed by atoms with van der Waals surface area (Å²) in [6, 6.07) is 3.83. The third kappa shape index (κ3) is 6.33. The average Bonchev–Trinajstić information content (AvgIpc) is 2.74. The molecule has 0 aromatic heterocycles. The lowest BCUT2D eigenvalue weighted by molar-refractivity contribution is 0.0963. The van der Waals surface area contributed by atoms with Crippen LogP contribution >= 0.6 is 0 Å². The maximum absolute atomic E-state index is 11.8. The molecule has 9 nitrogen and oxygen atoms in total. The number of carbonyl (C=O) groups excluding carboxylic acids is 1. The predicted octanol–water partition coefficient (Wildman–Crippen LogP) is 1.78. The zero-order valence-electron chi connectivity index (χ0n) is 17.7. The van der Waals surface area contributed by atoms with Crippen molar-refractivity contribution in [2.75, 3.05) is 47.6 Å². The number of rotatable bonds is 8. The lowest BCUT2D eigenvalue weighted by Gasteiger charge is -2.31. The Morgan fingerprint density at radius 3 is 2.31 bits per heavy atom. The van der Waals surface area contributed by atoms with E-state index in [0.717, 1.165) is 18.4 Å². The van der Waals surface area contributed by atoms with Gasteiger partial charge in [-0.2, -0.15) is 0 Å². The van der Waals surface area contributed by atoms with E-state index in [4.69, 9.17) is 24.7 Å². The molecule has 1 aliphatic heterocycles. The quantitative estimate of drug-likeness (QED) is 0.499. The number of amides is 1. The number of likely N-dealkylation sites (tertiary alicyclic amines) is 1. The smallest absolute Gasteiger partial charge is 0.409 e. The van der Waals surface area contributed by atoms with Crippen LogP contribution in [0.4, 0.5) is 4.79 Å². The Kier molecular flexibility index (Phi) is 8.69. The molecule has 1 fully saturated rings. The molecule has 0 spiro atoms. The molecule has 2 rings (SSSR count). The molecule has 1 saturated heterocycles. The van der Waals surface area contributed by atoms with E-state index in [1.807, 2.05) is 12.1 Å². The van der Waals surface area contributed by atoms with Gasteiger partial charge in [0.15, 0.2) is 5.96 Å². The third-order valence-electron chi connectivity index (χ3n) is 4.83. The zero-order chi connectivity index (χ0) is 21.2. The second-order valence-electron chi connectivity index (χ2n) is 6.63. The number of benzene rings is 1. The number of hydrogen-bond donors (Lipinski definition) is 2. The Balaban J connectivity index is 1.87. The highest BCUT2D eigenvalue weighted by Gasteiger charge is 2.23. The van der Waals surface area contributed by atoms with Gasteiger partial charge in [-0.05, 0) is 26.2 Å². The molecule has 1 amide bonds. The summed E-state index contributed by atoms with van der Waals surface area (Å²) in [4.78, 5) is 17.9. The van der Waals surface area contributed by atoms with Crippen LogP contribution in [0, 0.1) is 0 Å². The van der Waals surface area contributed by atoms with Crippen LogP contribution in [0.15, 0.2) is 17.1 Å². The molecule has 1 aromatic rings. The summed E-state index contributed by atoms with van der Waals surface area (Å²) < 4.78 is 21.2. The first-order valence-corrected chi connectivity index (χ1v) is 9.79. The van der Waals surface area contributed by atoms with Gasteiger partial charge in [0.2, 0.25) is 0 Å². The Morgan fingerprint density at radius 1 is 1.17 bits per heavy atom. The molecule has 162 valence electrons. The molecular formula is C20H32N4O5. The Bertz CT molecular complexity index is 677. The molecule has 0 radical (unpaired) electrons. The van der Waals surface area contributed by atoms with E-state index in [1.165, 1.54) is 0 Å². The molecule has 0 unspecified atom stereocenters. The van der Waals surface area contributed by atoms with E-state index in [1.54, 1.807) is 33.2 Å². The molecule has 0 atom stereocenters. The maximum atomic E-state index is 11.8. The van der Waals surface area contributed by atoms with Crippen LogP contribution in [0.25, 0.3) is 0 Å². The van der Waals surface area contributed by atoms with Gasteiger partial charge in [0.1, 0.15) is 17.2 Å². The molecule has 0 saturated carbocycles. The van der Waals surface area contributed by atoms with Crippen LogP contribution in [-0.2, 0) is 11.2 Å². The van der Waals surface area contributed by atoms with Crippen molar-refractivity contribution in [3.8, 4) is 17.2 Å². The normalized spacial score (nSPS) is 15.0. The minimum Gasteiger partial charge on any atom is -0.496 e. The summed E-state index contributed by atoms with van der Waals surface area (Å²) in [6.07, 6.45) is 1.96. The number of hydrogen-bond acceptors (Lipinski definition) is 6. The maximum Gasteiger partial charge on any atom is 0.409 e. The fourth-order valence-electron chi connectivity index (χ4n) is 3.29. The number of ether oxygens (including phenoxy) is 4. The van der Waals surface area contributed by atoms with Crippen molar-refractivity contribution >= 4 is 12.1 Å². The zero-order valence-corrected chi connectivity index (χ0v) is 17.7. The molecule has 1 aromatic carbocycles. The van der Waals surface area contributed by atoms with Crippen molar-refractivity contribution < 1.29 is 23.7 Å². The second-order valence-corrected chi connectivity index (χ2v) is 6.63. The highest BCUT2D eigenvalue weighted by Crippen LogP contribution is 2.34. The minimum atomic E-state index is -0.255. The number of nitrogens with two attached hydrogens (primary N) is 1. The number of carbonyl (C=O) groups is 1. The van der Waals surface area contributed by atoms with Crippen LogP contribution in [0.5, 0.6) is 17.2 Å². The van der Waals surface area contributed by atoms with Crippen molar-refractivity contribution in [3.63, 3.8) is 0 Å². The number of piperidine rings is 1. The van der Waals surface area contributed by atoms with Gasteiger partial charge in [-0.25, -0.2) is 4.79 Å². The van der Waals surface area contributed by atoms with Crippen LogP contribution in [0.3, 0.4) is 0 Å². The number of nitrogens with one attached hydrogen (secondary N) is 1. The van der Waals surface area contributed by atoms with Gasteiger partial charge in [-0.1, -0.05) is 0 Å². The fraction of sp³-hybridized carbons (Fsp3) is 0.600. The molecule has 1 heterocycles. The fourth-order valence-corrected chi connectivity index (χ4v) is 3.29. The van der Waals surface area contributed by atoms with Gasteiger partial charge < -0.3 is 34.9 Å². The van der Waals surface area contributed by atoms with Crippen LogP contribution < -0.4 is 25.3 Å². The SMILES string of the molecule is CCOC(=O)N1CCC(NC(N)=NCCc2c(OC)cc(OC)cc2OC)CC1. The van der Waals surface area contributed by atoms with Crippen molar-refractivity contribution in [2.24, 2.45) is 10.7 Å². The topological polar surface area (TPSA) is 108 Å². The van der Waals surface area contributed by atoms with E-state index >= 15 is 0 Å². The van der Waals surface area contributed by atoms with E-state index in [-0.39, 0.29) is 12.1 Å². The Morgan fingerprint density at radius 2 is 1.79 bits per heavy atom. The molecule has 0 bridgehead atoms. The monoisotopic (exact) mass is 408 g/mol. The number of aliphatic imine (C=N–C) groups is 1.